The summed E-state index contributed by atoms with van der Waals surface area (Å²) in [5.74, 6) is -1.94. The molecule has 0 unspecified atom stereocenters. The SMILES string of the molecule is Cc1cc(F)ccc1C(=O)N1CCN(C(=O)[C@@H](NC(=O)c2nc3ccccc3[nH]c2=O)C(C)C)CC1(C)C. The van der Waals surface area contributed by atoms with Gasteiger partial charge in [-0.05, 0) is 62.6 Å². The fraction of sp³-hybridized carbons (Fsp3) is 0.393. The number of nitrogens with zero attached hydrogens (tertiary/aromatic N) is 3. The van der Waals surface area contributed by atoms with Crippen LogP contribution >= 0.6 is 0 Å². The highest BCUT2D eigenvalue weighted by Gasteiger charge is 2.41. The van der Waals surface area contributed by atoms with E-state index in [0.717, 1.165) is 0 Å². The number of amides is 3. The van der Waals surface area contributed by atoms with Gasteiger partial charge in [0.25, 0.3) is 17.4 Å². The number of carbonyl (C=O) groups excluding carboxylic acids is 3. The van der Waals surface area contributed by atoms with E-state index < -0.39 is 28.9 Å². The van der Waals surface area contributed by atoms with Crippen molar-refractivity contribution < 1.29 is 18.8 Å². The Balaban J connectivity index is 1.51. The van der Waals surface area contributed by atoms with E-state index in [2.05, 4.69) is 15.3 Å². The van der Waals surface area contributed by atoms with Crippen LogP contribution in [0.2, 0.25) is 0 Å². The fourth-order valence-corrected chi connectivity index (χ4v) is 4.84. The highest BCUT2D eigenvalue weighted by Crippen LogP contribution is 2.26. The van der Waals surface area contributed by atoms with Gasteiger partial charge < -0.3 is 20.1 Å². The largest absolute Gasteiger partial charge is 0.338 e. The monoisotopic (exact) mass is 521 g/mol. The number of hydrogen-bond acceptors (Lipinski definition) is 5. The molecule has 0 saturated carbocycles. The normalized spacial score (nSPS) is 16.0. The van der Waals surface area contributed by atoms with Crippen LogP contribution in [0.5, 0.6) is 0 Å². The Kier molecular flexibility index (Phi) is 7.35. The molecule has 1 fully saturated rings. The fourth-order valence-electron chi connectivity index (χ4n) is 4.84. The summed E-state index contributed by atoms with van der Waals surface area (Å²) < 4.78 is 13.6. The van der Waals surface area contributed by atoms with Gasteiger partial charge in [-0.2, -0.15) is 0 Å². The molecule has 0 spiro atoms. The van der Waals surface area contributed by atoms with Gasteiger partial charge in [0.2, 0.25) is 5.91 Å². The topological polar surface area (TPSA) is 115 Å². The van der Waals surface area contributed by atoms with Crippen molar-refractivity contribution in [1.29, 1.82) is 0 Å². The maximum atomic E-state index is 13.6. The molecule has 10 heteroatoms. The molecule has 1 aliphatic heterocycles. The molecular weight excluding hydrogens is 489 g/mol. The van der Waals surface area contributed by atoms with E-state index in [1.165, 1.54) is 18.2 Å². The van der Waals surface area contributed by atoms with Crippen LogP contribution in [0.15, 0.2) is 47.3 Å². The summed E-state index contributed by atoms with van der Waals surface area (Å²) in [6.07, 6.45) is 0. The molecule has 1 saturated heterocycles. The molecule has 38 heavy (non-hydrogen) atoms. The Hall–Kier alpha value is -4.08. The lowest BCUT2D eigenvalue weighted by molar-refractivity contribution is -0.138. The second kappa shape index (κ2) is 10.4. The third kappa shape index (κ3) is 5.29. The first kappa shape index (κ1) is 27.0. The molecule has 2 N–H and O–H groups in total. The van der Waals surface area contributed by atoms with E-state index in [4.69, 9.17) is 0 Å². The van der Waals surface area contributed by atoms with E-state index in [0.29, 0.717) is 22.2 Å². The quantitative estimate of drug-likeness (QED) is 0.536. The molecule has 1 aromatic heterocycles. The van der Waals surface area contributed by atoms with E-state index >= 15 is 0 Å². The van der Waals surface area contributed by atoms with Crippen molar-refractivity contribution in [2.45, 2.75) is 46.2 Å². The van der Waals surface area contributed by atoms with Crippen molar-refractivity contribution in [3.05, 3.63) is 75.5 Å². The number of nitrogens with one attached hydrogen (secondary N) is 2. The summed E-state index contributed by atoms with van der Waals surface area (Å²) in [5, 5.41) is 2.71. The van der Waals surface area contributed by atoms with Crippen molar-refractivity contribution in [2.75, 3.05) is 19.6 Å². The van der Waals surface area contributed by atoms with Gasteiger partial charge in [-0.25, -0.2) is 9.37 Å². The van der Waals surface area contributed by atoms with Gasteiger partial charge in [0, 0.05) is 25.2 Å². The first-order valence-electron chi connectivity index (χ1n) is 12.6. The van der Waals surface area contributed by atoms with E-state index in [9.17, 15) is 23.6 Å². The standard InChI is InChI=1S/C28H32FN5O4/c1-16(2)22(32-25(36)23-24(35)31-21-9-7-6-8-20(21)30-23)27(38)33-12-13-34(28(4,5)15-33)26(37)19-11-10-18(29)14-17(19)3/h6-11,14,16,22H,12-13,15H2,1-5H3,(H,31,35)(H,32,36)/t22-/m0/s1. The Morgan fingerprint density at radius 1 is 1.11 bits per heavy atom. The first-order chi connectivity index (χ1) is 17.9. The van der Waals surface area contributed by atoms with E-state index in [-0.39, 0.29) is 43.1 Å². The second-order valence-corrected chi connectivity index (χ2v) is 10.6. The lowest BCUT2D eigenvalue weighted by Gasteiger charge is -2.48. The van der Waals surface area contributed by atoms with Crippen LogP contribution in [-0.2, 0) is 4.79 Å². The number of benzene rings is 2. The second-order valence-electron chi connectivity index (χ2n) is 10.6. The maximum absolute atomic E-state index is 13.6. The van der Waals surface area contributed by atoms with Crippen molar-refractivity contribution in [2.24, 2.45) is 5.92 Å². The van der Waals surface area contributed by atoms with Crippen molar-refractivity contribution in [1.82, 2.24) is 25.1 Å². The molecular formula is C28H32FN5O4. The van der Waals surface area contributed by atoms with E-state index in [1.807, 2.05) is 27.7 Å². The number of fused-ring (bicyclic) bond motifs is 1. The summed E-state index contributed by atoms with van der Waals surface area (Å²) in [4.78, 5) is 62.6. The number of aromatic amines is 1. The van der Waals surface area contributed by atoms with Crippen LogP contribution in [0.4, 0.5) is 4.39 Å². The molecule has 200 valence electrons. The molecule has 9 nitrogen and oxygen atoms in total. The minimum Gasteiger partial charge on any atom is -0.338 e. The zero-order chi connectivity index (χ0) is 27.8. The first-order valence-corrected chi connectivity index (χ1v) is 12.6. The number of rotatable bonds is 5. The third-order valence-corrected chi connectivity index (χ3v) is 6.91. The average Bonchev–Trinajstić information content (AvgIpc) is 2.85. The third-order valence-electron chi connectivity index (χ3n) is 6.91. The van der Waals surface area contributed by atoms with Gasteiger partial charge in [0.05, 0.1) is 16.6 Å². The van der Waals surface area contributed by atoms with Crippen LogP contribution in [0.1, 0.15) is 54.1 Å². The number of carbonyl (C=O) groups is 3. The van der Waals surface area contributed by atoms with Gasteiger partial charge in [-0.15, -0.1) is 0 Å². The van der Waals surface area contributed by atoms with Gasteiger partial charge in [0.15, 0.2) is 5.69 Å². The lowest BCUT2D eigenvalue weighted by atomic mass is 9.94. The predicted molar refractivity (Wildman–Crippen MR) is 141 cm³/mol. The number of piperazine rings is 1. The summed E-state index contributed by atoms with van der Waals surface area (Å²) in [6.45, 7) is 9.82. The van der Waals surface area contributed by atoms with Crippen molar-refractivity contribution in [3.63, 3.8) is 0 Å². The Morgan fingerprint density at radius 2 is 1.82 bits per heavy atom. The minimum atomic E-state index is -0.896. The molecule has 2 heterocycles. The minimum absolute atomic E-state index is 0.227. The molecule has 0 radical (unpaired) electrons. The summed E-state index contributed by atoms with van der Waals surface area (Å²) in [7, 11) is 0. The van der Waals surface area contributed by atoms with E-state index in [1.54, 1.807) is 41.0 Å². The maximum Gasteiger partial charge on any atom is 0.280 e. The predicted octanol–water partition coefficient (Wildman–Crippen LogP) is 2.89. The molecule has 2 aromatic carbocycles. The zero-order valence-electron chi connectivity index (χ0n) is 22.2. The van der Waals surface area contributed by atoms with Crippen molar-refractivity contribution >= 4 is 28.8 Å². The summed E-state index contributed by atoms with van der Waals surface area (Å²) in [6, 6.07) is 10.0. The molecule has 3 aromatic rings. The summed E-state index contributed by atoms with van der Waals surface area (Å²) in [5.41, 5.74) is 0.269. The highest BCUT2D eigenvalue weighted by atomic mass is 19.1. The molecule has 1 aliphatic rings. The van der Waals surface area contributed by atoms with Gasteiger partial charge in [-0.1, -0.05) is 26.0 Å². The molecule has 3 amide bonds. The van der Waals surface area contributed by atoms with Gasteiger partial charge in [-0.3, -0.25) is 19.2 Å². The lowest BCUT2D eigenvalue weighted by Crippen LogP contribution is -2.64. The zero-order valence-corrected chi connectivity index (χ0v) is 22.2. The van der Waals surface area contributed by atoms with Crippen LogP contribution in [0.25, 0.3) is 11.0 Å². The Morgan fingerprint density at radius 3 is 2.47 bits per heavy atom. The number of halogens is 1. The number of hydrogen-bond donors (Lipinski definition) is 2. The van der Waals surface area contributed by atoms with Crippen LogP contribution in [-0.4, -0.2) is 68.7 Å². The van der Waals surface area contributed by atoms with Crippen molar-refractivity contribution in [3.8, 4) is 0 Å². The number of para-hydroxylation sites is 2. The molecule has 4 rings (SSSR count). The number of aromatic nitrogens is 2. The average molecular weight is 522 g/mol. The Labute approximate surface area is 220 Å². The van der Waals surface area contributed by atoms with Gasteiger partial charge in [0.1, 0.15) is 11.9 Å². The number of aryl methyl sites for hydroxylation is 1. The molecule has 0 bridgehead atoms. The Bertz CT molecular complexity index is 1470. The van der Waals surface area contributed by atoms with Crippen LogP contribution in [0.3, 0.4) is 0 Å². The smallest absolute Gasteiger partial charge is 0.280 e. The van der Waals surface area contributed by atoms with Crippen LogP contribution < -0.4 is 10.9 Å². The van der Waals surface area contributed by atoms with Crippen LogP contribution in [0, 0.1) is 18.7 Å². The van der Waals surface area contributed by atoms with Gasteiger partial charge >= 0.3 is 0 Å². The summed E-state index contributed by atoms with van der Waals surface area (Å²) >= 11 is 0. The molecule has 1 atom stereocenters. The molecule has 0 aliphatic carbocycles. The highest BCUT2D eigenvalue weighted by molar-refractivity contribution is 5.98. The number of H-pyrrole nitrogens is 1.